The van der Waals surface area contributed by atoms with Crippen molar-refractivity contribution in [3.05, 3.63) is 17.5 Å². The van der Waals surface area contributed by atoms with Crippen molar-refractivity contribution in [3.8, 4) is 6.07 Å². The van der Waals surface area contributed by atoms with Crippen LogP contribution in [0.2, 0.25) is 0 Å². The summed E-state index contributed by atoms with van der Waals surface area (Å²) in [6.45, 7) is 11.1. The number of hydrogen-bond donors (Lipinski definition) is 1. The van der Waals surface area contributed by atoms with E-state index >= 15 is 0 Å². The third-order valence-corrected chi connectivity index (χ3v) is 3.28. The summed E-state index contributed by atoms with van der Waals surface area (Å²) in [5, 5.41) is 16.8. The van der Waals surface area contributed by atoms with Gasteiger partial charge in [0.2, 0.25) is 0 Å². The summed E-state index contributed by atoms with van der Waals surface area (Å²) in [6, 6.07) is 4.44. The van der Waals surface area contributed by atoms with Crippen LogP contribution in [0.15, 0.2) is 6.07 Å². The van der Waals surface area contributed by atoms with E-state index in [1.54, 1.807) is 0 Å². The average molecular weight is 262 g/mol. The summed E-state index contributed by atoms with van der Waals surface area (Å²) in [7, 11) is 0. The molecule has 1 heterocycles. The second kappa shape index (κ2) is 7.30. The highest BCUT2D eigenvalue weighted by Gasteiger charge is 2.15. The first-order chi connectivity index (χ1) is 8.94. The molecule has 0 amide bonds. The highest BCUT2D eigenvalue weighted by Crippen LogP contribution is 2.19. The molecular weight excluding hydrogens is 236 g/mol. The number of nitrogens with zero attached hydrogens (tertiary/aromatic N) is 3. The lowest BCUT2D eigenvalue weighted by Crippen LogP contribution is -2.20. The van der Waals surface area contributed by atoms with Gasteiger partial charge in [0.15, 0.2) is 0 Å². The van der Waals surface area contributed by atoms with Crippen LogP contribution in [-0.2, 0) is 6.54 Å². The summed E-state index contributed by atoms with van der Waals surface area (Å²) in [6.07, 6.45) is 3.10. The Balaban J connectivity index is 2.06. The van der Waals surface area contributed by atoms with Crippen LogP contribution in [0.4, 0.5) is 0 Å². The lowest BCUT2D eigenvalue weighted by molar-refractivity contribution is 0.423. The van der Waals surface area contributed by atoms with Gasteiger partial charge in [-0.05, 0) is 66.1 Å². The van der Waals surface area contributed by atoms with Gasteiger partial charge in [0, 0.05) is 12.2 Å². The van der Waals surface area contributed by atoms with Crippen molar-refractivity contribution in [3.63, 3.8) is 0 Å². The number of aromatic nitrogens is 2. The molecule has 0 spiro atoms. The number of aryl methyl sites for hydroxylation is 3. The molecule has 1 rings (SSSR count). The van der Waals surface area contributed by atoms with Gasteiger partial charge in [-0.1, -0.05) is 0 Å². The van der Waals surface area contributed by atoms with Crippen molar-refractivity contribution in [2.45, 2.75) is 53.5 Å². The monoisotopic (exact) mass is 262 g/mol. The molecule has 4 heteroatoms. The van der Waals surface area contributed by atoms with Crippen LogP contribution in [-0.4, -0.2) is 22.9 Å². The molecule has 0 fully saturated rings. The summed E-state index contributed by atoms with van der Waals surface area (Å²) in [4.78, 5) is 0. The molecule has 1 aromatic rings. The van der Waals surface area contributed by atoms with E-state index in [4.69, 9.17) is 5.26 Å². The second-order valence-electron chi connectivity index (χ2n) is 5.85. The molecule has 0 aromatic carbocycles. The van der Waals surface area contributed by atoms with Crippen LogP contribution in [0.5, 0.6) is 0 Å². The van der Waals surface area contributed by atoms with Gasteiger partial charge in [-0.3, -0.25) is 4.68 Å². The second-order valence-corrected chi connectivity index (χ2v) is 5.85. The minimum absolute atomic E-state index is 0.189. The summed E-state index contributed by atoms with van der Waals surface area (Å²) < 4.78 is 2.07. The number of nitrogens with one attached hydrogen (secondary N) is 1. The molecule has 106 valence electrons. The maximum absolute atomic E-state index is 8.91. The Morgan fingerprint density at radius 1 is 1.32 bits per heavy atom. The van der Waals surface area contributed by atoms with Gasteiger partial charge in [0.25, 0.3) is 0 Å². The van der Waals surface area contributed by atoms with Crippen LogP contribution in [0, 0.1) is 30.6 Å². The molecule has 0 unspecified atom stereocenters. The fourth-order valence-corrected chi connectivity index (χ4v) is 2.09. The van der Waals surface area contributed by atoms with Gasteiger partial charge in [-0.25, -0.2) is 0 Å². The van der Waals surface area contributed by atoms with Crippen LogP contribution in [0.1, 0.15) is 44.5 Å². The van der Waals surface area contributed by atoms with Gasteiger partial charge in [0.05, 0.1) is 17.2 Å². The van der Waals surface area contributed by atoms with Gasteiger partial charge in [-0.2, -0.15) is 10.4 Å². The molecular formula is C15H26N4. The third-order valence-electron chi connectivity index (χ3n) is 3.28. The SMILES string of the molecule is Cc1cc(C)n(CCCNCCCC(C)(C)C#N)n1. The normalized spacial score (nSPS) is 11.5. The van der Waals surface area contributed by atoms with Gasteiger partial charge in [-0.15, -0.1) is 0 Å². The van der Waals surface area contributed by atoms with Crippen LogP contribution in [0.3, 0.4) is 0 Å². The van der Waals surface area contributed by atoms with Crippen molar-refractivity contribution >= 4 is 0 Å². The van der Waals surface area contributed by atoms with E-state index in [9.17, 15) is 0 Å². The highest BCUT2D eigenvalue weighted by atomic mass is 15.3. The van der Waals surface area contributed by atoms with Crippen LogP contribution >= 0.6 is 0 Å². The molecule has 19 heavy (non-hydrogen) atoms. The predicted molar refractivity (Wildman–Crippen MR) is 77.8 cm³/mol. The quantitative estimate of drug-likeness (QED) is 0.733. The van der Waals surface area contributed by atoms with Crippen LogP contribution < -0.4 is 5.32 Å². The largest absolute Gasteiger partial charge is 0.317 e. The highest BCUT2D eigenvalue weighted by molar-refractivity contribution is 5.06. The molecule has 4 nitrogen and oxygen atoms in total. The standard InChI is InChI=1S/C15H26N4/c1-13-11-14(2)19(18-13)10-6-9-17-8-5-7-15(3,4)12-16/h11,17H,5-10H2,1-4H3. The van der Waals surface area contributed by atoms with E-state index < -0.39 is 0 Å². The topological polar surface area (TPSA) is 53.6 Å². The molecule has 1 N–H and O–H groups in total. The lowest BCUT2D eigenvalue weighted by Gasteiger charge is -2.14. The first-order valence-electron chi connectivity index (χ1n) is 7.08. The smallest absolute Gasteiger partial charge is 0.0683 e. The van der Waals surface area contributed by atoms with Crippen molar-refractivity contribution in [1.82, 2.24) is 15.1 Å². The maximum atomic E-state index is 8.91. The lowest BCUT2D eigenvalue weighted by atomic mass is 9.90. The first-order valence-corrected chi connectivity index (χ1v) is 7.08. The molecule has 0 bridgehead atoms. The summed E-state index contributed by atoms with van der Waals surface area (Å²) in [5.74, 6) is 0. The minimum Gasteiger partial charge on any atom is -0.317 e. The number of hydrogen-bond acceptors (Lipinski definition) is 3. The Hall–Kier alpha value is -1.34. The Kier molecular flexibility index (Phi) is 6.04. The third kappa shape index (κ3) is 5.89. The van der Waals surface area contributed by atoms with E-state index in [0.717, 1.165) is 44.6 Å². The number of nitriles is 1. The van der Waals surface area contributed by atoms with E-state index in [0.29, 0.717) is 0 Å². The zero-order chi connectivity index (χ0) is 14.3. The Bertz CT molecular complexity index is 426. The van der Waals surface area contributed by atoms with Crippen molar-refractivity contribution < 1.29 is 0 Å². The van der Waals surface area contributed by atoms with Crippen molar-refractivity contribution in [1.29, 1.82) is 5.26 Å². The Morgan fingerprint density at radius 2 is 2.00 bits per heavy atom. The van der Waals surface area contributed by atoms with Gasteiger partial charge < -0.3 is 5.32 Å². The zero-order valence-corrected chi connectivity index (χ0v) is 12.7. The molecule has 0 aliphatic rings. The Labute approximate surface area is 116 Å². The molecule has 0 aliphatic heterocycles. The molecule has 0 atom stereocenters. The maximum Gasteiger partial charge on any atom is 0.0683 e. The van der Waals surface area contributed by atoms with E-state index in [2.05, 4.69) is 34.2 Å². The predicted octanol–water partition coefficient (Wildman–Crippen LogP) is 2.81. The van der Waals surface area contributed by atoms with Crippen molar-refractivity contribution in [2.75, 3.05) is 13.1 Å². The Morgan fingerprint density at radius 3 is 2.58 bits per heavy atom. The number of rotatable bonds is 8. The van der Waals surface area contributed by atoms with Gasteiger partial charge >= 0.3 is 0 Å². The fraction of sp³-hybridized carbons (Fsp3) is 0.733. The zero-order valence-electron chi connectivity index (χ0n) is 12.7. The molecule has 0 aliphatic carbocycles. The van der Waals surface area contributed by atoms with E-state index in [1.165, 1.54) is 5.69 Å². The molecule has 0 saturated heterocycles. The molecule has 0 saturated carbocycles. The average Bonchev–Trinajstić information content (AvgIpc) is 2.66. The molecule has 1 aromatic heterocycles. The van der Waals surface area contributed by atoms with E-state index in [1.807, 2.05) is 20.8 Å². The van der Waals surface area contributed by atoms with E-state index in [-0.39, 0.29) is 5.41 Å². The van der Waals surface area contributed by atoms with Crippen LogP contribution in [0.25, 0.3) is 0 Å². The van der Waals surface area contributed by atoms with Crippen molar-refractivity contribution in [2.24, 2.45) is 5.41 Å². The summed E-state index contributed by atoms with van der Waals surface area (Å²) in [5.41, 5.74) is 2.13. The van der Waals surface area contributed by atoms with Gasteiger partial charge in [0.1, 0.15) is 0 Å². The minimum atomic E-state index is -0.189. The fourth-order valence-electron chi connectivity index (χ4n) is 2.09. The summed E-state index contributed by atoms with van der Waals surface area (Å²) >= 11 is 0. The first kappa shape index (κ1) is 15.7. The molecule has 0 radical (unpaired) electrons.